The van der Waals surface area contributed by atoms with Gasteiger partial charge < -0.3 is 8.80 Å². The Morgan fingerprint density at radius 2 is 0.900 bits per heavy atom. The standard InChI is InChI=1S/C28H22N2/c1-15-6-8-23-20(9-15)22-11-18(4)14-26-28(22)29(23)25-13-17(3)10-21-19-7-5-16(2)12-24(19)30(26)27(21)25/h5-14H,1-4H3. The smallest absolute Gasteiger partial charge is 0.0783 e. The molecular weight excluding hydrogens is 364 g/mol. The minimum absolute atomic E-state index is 1.29. The fourth-order valence-corrected chi connectivity index (χ4v) is 5.60. The van der Waals surface area contributed by atoms with Gasteiger partial charge in [-0.3, -0.25) is 0 Å². The van der Waals surface area contributed by atoms with Crippen LogP contribution >= 0.6 is 0 Å². The molecular formula is C28H22N2. The summed E-state index contributed by atoms with van der Waals surface area (Å²) in [6.45, 7) is 8.80. The second kappa shape index (κ2) is 5.14. The van der Waals surface area contributed by atoms with Crippen LogP contribution in [0.25, 0.3) is 54.6 Å². The monoisotopic (exact) mass is 386 g/mol. The molecule has 7 rings (SSSR count). The van der Waals surface area contributed by atoms with Gasteiger partial charge >= 0.3 is 0 Å². The van der Waals surface area contributed by atoms with Gasteiger partial charge in [-0.05, 0) is 86.8 Å². The molecule has 0 amide bonds. The quantitative estimate of drug-likeness (QED) is 0.239. The lowest BCUT2D eigenvalue weighted by molar-refractivity contribution is 1.24. The van der Waals surface area contributed by atoms with E-state index in [-0.39, 0.29) is 0 Å². The van der Waals surface area contributed by atoms with Gasteiger partial charge in [0, 0.05) is 21.5 Å². The van der Waals surface area contributed by atoms with E-state index in [9.17, 15) is 0 Å². The maximum Gasteiger partial charge on any atom is 0.0783 e. The number of fused-ring (bicyclic) bond motifs is 8. The van der Waals surface area contributed by atoms with Crippen LogP contribution in [0.1, 0.15) is 22.3 Å². The summed E-state index contributed by atoms with van der Waals surface area (Å²) in [7, 11) is 0. The molecule has 0 radical (unpaired) electrons. The molecule has 0 aliphatic carbocycles. The van der Waals surface area contributed by atoms with E-state index in [0.717, 1.165) is 0 Å². The zero-order valence-electron chi connectivity index (χ0n) is 17.7. The van der Waals surface area contributed by atoms with Gasteiger partial charge in [0.1, 0.15) is 0 Å². The first-order chi connectivity index (χ1) is 14.5. The summed E-state index contributed by atoms with van der Waals surface area (Å²) >= 11 is 0. The molecule has 2 nitrogen and oxygen atoms in total. The minimum Gasteiger partial charge on any atom is -0.305 e. The fraction of sp³-hybridized carbons (Fsp3) is 0.143. The second-order valence-electron chi connectivity index (χ2n) is 9.07. The lowest BCUT2D eigenvalue weighted by Crippen LogP contribution is -1.98. The third-order valence-electron chi connectivity index (χ3n) is 6.76. The number of hydrogen-bond donors (Lipinski definition) is 0. The van der Waals surface area contributed by atoms with E-state index in [1.807, 2.05) is 0 Å². The van der Waals surface area contributed by atoms with Crippen LogP contribution in [0.15, 0.2) is 60.7 Å². The molecule has 0 aliphatic rings. The van der Waals surface area contributed by atoms with Crippen LogP contribution < -0.4 is 0 Å². The summed E-state index contributed by atoms with van der Waals surface area (Å²) in [6, 6.07) is 23.1. The average Bonchev–Trinajstić information content (AvgIpc) is 3.19. The molecule has 144 valence electrons. The van der Waals surface area contributed by atoms with Crippen molar-refractivity contribution in [2.24, 2.45) is 0 Å². The van der Waals surface area contributed by atoms with Crippen LogP contribution in [0.2, 0.25) is 0 Å². The molecule has 0 aliphatic heterocycles. The van der Waals surface area contributed by atoms with Crippen molar-refractivity contribution in [3.05, 3.63) is 82.9 Å². The van der Waals surface area contributed by atoms with Gasteiger partial charge in [-0.15, -0.1) is 0 Å². The second-order valence-corrected chi connectivity index (χ2v) is 9.07. The predicted octanol–water partition coefficient (Wildman–Crippen LogP) is 7.48. The molecule has 3 aromatic heterocycles. The number of rotatable bonds is 0. The maximum atomic E-state index is 2.51. The van der Waals surface area contributed by atoms with Gasteiger partial charge in [0.2, 0.25) is 0 Å². The molecule has 0 saturated heterocycles. The highest BCUT2D eigenvalue weighted by molar-refractivity contribution is 6.22. The van der Waals surface area contributed by atoms with E-state index < -0.39 is 0 Å². The molecule has 0 saturated carbocycles. The maximum absolute atomic E-state index is 2.51. The summed E-state index contributed by atoms with van der Waals surface area (Å²) in [5.74, 6) is 0. The first-order valence-corrected chi connectivity index (χ1v) is 10.6. The number of benzene rings is 4. The first kappa shape index (κ1) is 16.3. The van der Waals surface area contributed by atoms with Gasteiger partial charge in [-0.1, -0.05) is 23.8 Å². The molecule has 4 aromatic carbocycles. The van der Waals surface area contributed by atoms with E-state index in [1.54, 1.807) is 0 Å². The van der Waals surface area contributed by atoms with Gasteiger partial charge in [-0.25, -0.2) is 0 Å². The highest BCUT2D eigenvalue weighted by Gasteiger charge is 2.21. The van der Waals surface area contributed by atoms with Crippen LogP contribution in [0.3, 0.4) is 0 Å². The van der Waals surface area contributed by atoms with E-state index >= 15 is 0 Å². The van der Waals surface area contributed by atoms with Crippen molar-refractivity contribution in [3.63, 3.8) is 0 Å². The normalized spacial score (nSPS) is 12.7. The van der Waals surface area contributed by atoms with E-state index in [1.165, 1.54) is 76.9 Å². The Balaban J connectivity index is 1.97. The van der Waals surface area contributed by atoms with E-state index in [0.29, 0.717) is 0 Å². The molecule has 0 unspecified atom stereocenters. The predicted molar refractivity (Wildman–Crippen MR) is 129 cm³/mol. The highest BCUT2D eigenvalue weighted by atomic mass is 15.0. The van der Waals surface area contributed by atoms with Crippen molar-refractivity contribution in [3.8, 4) is 0 Å². The van der Waals surface area contributed by atoms with Crippen LogP contribution in [0.4, 0.5) is 0 Å². The minimum atomic E-state index is 1.29. The van der Waals surface area contributed by atoms with Crippen molar-refractivity contribution in [2.45, 2.75) is 27.7 Å². The van der Waals surface area contributed by atoms with E-state index in [2.05, 4.69) is 97.2 Å². The molecule has 2 heteroatoms. The SMILES string of the molecule is Cc1ccc2c(c1)c1cc(C)cc3c1n2c1cc(C)cc2c4ccc(C)cc4n3c21. The highest BCUT2D eigenvalue weighted by Crippen LogP contribution is 2.41. The van der Waals surface area contributed by atoms with Crippen molar-refractivity contribution in [1.82, 2.24) is 8.80 Å². The molecule has 0 N–H and O–H groups in total. The Bertz CT molecular complexity index is 1830. The topological polar surface area (TPSA) is 8.82 Å². The average molecular weight is 386 g/mol. The summed E-state index contributed by atoms with van der Waals surface area (Å²) in [5, 5.41) is 5.37. The Hall–Kier alpha value is -3.52. The fourth-order valence-electron chi connectivity index (χ4n) is 5.60. The van der Waals surface area contributed by atoms with Crippen molar-refractivity contribution in [2.75, 3.05) is 0 Å². The van der Waals surface area contributed by atoms with Crippen LogP contribution in [0.5, 0.6) is 0 Å². The summed E-state index contributed by atoms with van der Waals surface area (Å²) < 4.78 is 5.01. The first-order valence-electron chi connectivity index (χ1n) is 10.6. The molecule has 0 spiro atoms. The summed E-state index contributed by atoms with van der Waals surface area (Å²) in [5.41, 5.74) is 13.0. The third kappa shape index (κ3) is 1.80. The lowest BCUT2D eigenvalue weighted by atomic mass is 10.1. The van der Waals surface area contributed by atoms with Crippen LogP contribution in [-0.4, -0.2) is 8.80 Å². The zero-order chi connectivity index (χ0) is 20.3. The third-order valence-corrected chi connectivity index (χ3v) is 6.76. The molecule has 3 heterocycles. The van der Waals surface area contributed by atoms with E-state index in [4.69, 9.17) is 0 Å². The lowest BCUT2D eigenvalue weighted by Gasteiger charge is -2.13. The summed E-state index contributed by atoms with van der Waals surface area (Å²) in [4.78, 5) is 0. The number of nitrogens with zero attached hydrogens (tertiary/aromatic N) is 2. The largest absolute Gasteiger partial charge is 0.305 e. The van der Waals surface area contributed by atoms with Crippen LogP contribution in [0, 0.1) is 27.7 Å². The van der Waals surface area contributed by atoms with Gasteiger partial charge in [-0.2, -0.15) is 0 Å². The van der Waals surface area contributed by atoms with Crippen molar-refractivity contribution < 1.29 is 0 Å². The van der Waals surface area contributed by atoms with Crippen LogP contribution in [-0.2, 0) is 0 Å². The molecule has 0 bridgehead atoms. The zero-order valence-corrected chi connectivity index (χ0v) is 17.7. The Morgan fingerprint density at radius 3 is 1.60 bits per heavy atom. The Labute approximate surface area is 174 Å². The van der Waals surface area contributed by atoms with Gasteiger partial charge in [0.25, 0.3) is 0 Å². The number of hydrogen-bond acceptors (Lipinski definition) is 0. The van der Waals surface area contributed by atoms with Gasteiger partial charge in [0.05, 0.1) is 33.1 Å². The molecule has 7 aromatic rings. The molecule has 0 atom stereocenters. The summed E-state index contributed by atoms with van der Waals surface area (Å²) in [6.07, 6.45) is 0. The molecule has 0 fully saturated rings. The van der Waals surface area contributed by atoms with Crippen molar-refractivity contribution in [1.29, 1.82) is 0 Å². The van der Waals surface area contributed by atoms with Gasteiger partial charge in [0.15, 0.2) is 0 Å². The molecule has 30 heavy (non-hydrogen) atoms. The Kier molecular flexibility index (Phi) is 2.79. The number of aromatic nitrogens is 2. The number of aryl methyl sites for hydroxylation is 4. The van der Waals surface area contributed by atoms with Crippen molar-refractivity contribution >= 4 is 54.6 Å². The Morgan fingerprint density at radius 1 is 0.400 bits per heavy atom.